The minimum absolute atomic E-state index is 0.355. The van der Waals surface area contributed by atoms with E-state index in [1.807, 2.05) is 31.0 Å². The molecule has 0 bridgehead atoms. The van der Waals surface area contributed by atoms with Crippen LogP contribution >= 0.6 is 0 Å². The molecule has 1 N–H and O–H groups in total. The number of aliphatic imine (C=N–C) groups is 1. The first-order valence-electron chi connectivity index (χ1n) is 44.2. The normalized spacial score (nSPS) is 18.8. The Bertz CT molecular complexity index is 4750. The van der Waals surface area contributed by atoms with Gasteiger partial charge in [0.1, 0.15) is 46.6 Å². The van der Waals surface area contributed by atoms with Crippen LogP contribution in [-0.4, -0.2) is 170 Å². The highest BCUT2D eigenvalue weighted by molar-refractivity contribution is 5.89. The minimum Gasteiger partial charge on any atom is -0.317 e. The Balaban J connectivity index is 0.000000129. The molecule has 7 aliphatic rings. The Morgan fingerprint density at radius 3 is 1.15 bits per heavy atom. The van der Waals surface area contributed by atoms with E-state index >= 15 is 0 Å². The molecule has 4 atom stereocenters. The topological polar surface area (TPSA) is 215 Å². The molecule has 23 heteroatoms. The summed E-state index contributed by atoms with van der Waals surface area (Å²) < 4.78 is 9.14. The minimum atomic E-state index is 0.355. The molecule has 4 aliphatic carbocycles. The fourth-order valence-electron chi connectivity index (χ4n) is 18.7. The van der Waals surface area contributed by atoms with Gasteiger partial charge in [0.25, 0.3) is 0 Å². The van der Waals surface area contributed by atoms with Crippen LogP contribution in [0.5, 0.6) is 0 Å². The zero-order chi connectivity index (χ0) is 80.7. The van der Waals surface area contributed by atoms with Gasteiger partial charge in [-0.3, -0.25) is 49.4 Å². The van der Waals surface area contributed by atoms with Gasteiger partial charge >= 0.3 is 0 Å². The number of fused-ring (bicyclic) bond motifs is 4. The van der Waals surface area contributed by atoms with Gasteiger partial charge in [-0.15, -0.1) is 40.8 Å². The molecule has 4 unspecified atom stereocenters. The van der Waals surface area contributed by atoms with Crippen molar-refractivity contribution in [1.82, 2.24) is 109 Å². The molecule has 10 aromatic rings. The third-order valence-corrected chi connectivity index (χ3v) is 25.6. The molecule has 2 aromatic carbocycles. The molecular formula is C94H129N23. The molecule has 2 fully saturated rings. The van der Waals surface area contributed by atoms with Crippen molar-refractivity contribution in [2.75, 3.05) is 60.9 Å². The van der Waals surface area contributed by atoms with Crippen LogP contribution in [0.25, 0.3) is 0 Å². The maximum Gasteiger partial charge on any atom is 0.147 e. The van der Waals surface area contributed by atoms with Crippen LogP contribution in [-0.2, 0) is 105 Å². The number of piperidine rings is 2. The fraction of sp³-hybridized carbons (Fsp3) is 0.543. The van der Waals surface area contributed by atoms with Crippen molar-refractivity contribution in [2.45, 2.75) is 244 Å². The molecule has 117 heavy (non-hydrogen) atoms. The average Bonchev–Trinajstić information content (AvgIpc) is 1.75. The number of nitrogens with one attached hydrogen (secondary N) is 1. The summed E-state index contributed by atoms with van der Waals surface area (Å²) in [5.41, 5.74) is 14.4. The summed E-state index contributed by atoms with van der Waals surface area (Å²) in [6.07, 6.45) is 41.5. The lowest BCUT2D eigenvalue weighted by Gasteiger charge is -2.32. The van der Waals surface area contributed by atoms with Crippen LogP contribution in [0.2, 0.25) is 0 Å². The van der Waals surface area contributed by atoms with E-state index in [-0.39, 0.29) is 0 Å². The molecule has 0 radical (unpaired) electrons. The van der Waals surface area contributed by atoms with E-state index in [0.717, 1.165) is 214 Å². The van der Waals surface area contributed by atoms with E-state index in [2.05, 4.69) is 270 Å². The lowest BCUT2D eigenvalue weighted by atomic mass is 9.91. The second-order valence-corrected chi connectivity index (χ2v) is 34.0. The van der Waals surface area contributed by atoms with Crippen LogP contribution in [0, 0.1) is 11.8 Å². The summed E-state index contributed by atoms with van der Waals surface area (Å²) in [6, 6.07) is 39.7. The Morgan fingerprint density at radius 1 is 0.393 bits per heavy atom. The van der Waals surface area contributed by atoms with E-state index in [9.17, 15) is 0 Å². The lowest BCUT2D eigenvalue weighted by Crippen LogP contribution is -2.37. The number of benzene rings is 2. The van der Waals surface area contributed by atoms with Crippen molar-refractivity contribution in [1.29, 1.82) is 0 Å². The summed E-state index contributed by atoms with van der Waals surface area (Å²) in [5, 5.41) is 40.0. The molecular weight excluding hydrogens is 1450 g/mol. The Hall–Kier alpha value is -9.23. The zero-order valence-corrected chi connectivity index (χ0v) is 71.3. The summed E-state index contributed by atoms with van der Waals surface area (Å²) in [4.78, 5) is 35.5. The van der Waals surface area contributed by atoms with Gasteiger partial charge in [0.05, 0.1) is 73.1 Å². The van der Waals surface area contributed by atoms with Gasteiger partial charge in [-0.2, -0.15) is 0 Å². The number of allylic oxidation sites excluding steroid dienone is 1. The lowest BCUT2D eigenvalue weighted by molar-refractivity contribution is 0.199. The first-order valence-corrected chi connectivity index (χ1v) is 44.2. The van der Waals surface area contributed by atoms with E-state index in [4.69, 9.17) is 15.0 Å². The van der Waals surface area contributed by atoms with Crippen molar-refractivity contribution >= 4 is 5.71 Å². The Morgan fingerprint density at radius 2 is 0.761 bits per heavy atom. The van der Waals surface area contributed by atoms with Crippen LogP contribution in [0.3, 0.4) is 0 Å². The number of rotatable bonds is 29. The van der Waals surface area contributed by atoms with Gasteiger partial charge in [0, 0.05) is 103 Å². The van der Waals surface area contributed by atoms with Gasteiger partial charge in [-0.05, 0) is 239 Å². The quantitative estimate of drug-likeness (QED) is 0.0431. The average molecular weight is 1580 g/mol. The number of pyridine rings is 4. The molecule has 0 saturated carbocycles. The van der Waals surface area contributed by atoms with E-state index in [1.54, 1.807) is 0 Å². The number of nitrogens with zero attached hydrogens (tertiary/aromatic N) is 22. The maximum atomic E-state index is 4.72. The zero-order valence-electron chi connectivity index (χ0n) is 71.3. The van der Waals surface area contributed by atoms with E-state index in [1.165, 1.54) is 139 Å². The SMILES string of the molecule is CCCCCn1c(Cc2ccccc2)nnc1CN(C)C1CCCc2cccnc21.CCCCn1c(Cc2ccccc2)nnc1CN(C)C1CCCc2cccnc21.CN(Cc1nnc(CC2CCN(CC3=NC=CC3)CC2)n1C)C1CCCc2cccnc21.CN(Cc1nnc(CC2CCNCC2)n1C)C1CCCc2cccnc21. The largest absolute Gasteiger partial charge is 0.317 e. The third-order valence-electron chi connectivity index (χ3n) is 25.6. The number of aromatic nitrogens is 16. The van der Waals surface area contributed by atoms with Gasteiger partial charge in [0.2, 0.25) is 0 Å². The van der Waals surface area contributed by atoms with Crippen molar-refractivity contribution in [2.24, 2.45) is 30.9 Å². The van der Waals surface area contributed by atoms with Crippen LogP contribution < -0.4 is 5.32 Å². The number of unbranched alkanes of at least 4 members (excludes halogenated alkanes) is 3. The van der Waals surface area contributed by atoms with Crippen LogP contribution in [0.4, 0.5) is 0 Å². The molecule has 620 valence electrons. The van der Waals surface area contributed by atoms with Gasteiger partial charge in [0.15, 0.2) is 0 Å². The predicted octanol–water partition coefficient (Wildman–Crippen LogP) is 15.1. The Kier molecular flexibility index (Phi) is 30.6. The van der Waals surface area contributed by atoms with Gasteiger partial charge < -0.3 is 23.6 Å². The number of likely N-dealkylation sites (tertiary alicyclic amines) is 1. The number of hydrogen-bond donors (Lipinski definition) is 1. The second kappa shape index (κ2) is 42.4. The highest BCUT2D eigenvalue weighted by atomic mass is 15.3. The summed E-state index contributed by atoms with van der Waals surface area (Å²) in [7, 11) is 13.0. The summed E-state index contributed by atoms with van der Waals surface area (Å²) >= 11 is 0. The molecule has 23 nitrogen and oxygen atoms in total. The monoisotopic (exact) mass is 1580 g/mol. The first-order chi connectivity index (χ1) is 57.4. The first kappa shape index (κ1) is 84.2. The molecule has 8 aromatic heterocycles. The van der Waals surface area contributed by atoms with Crippen molar-refractivity contribution in [3.63, 3.8) is 0 Å². The standard InChI is InChI=1S/C25H35N7.C25H33N5.C24H31N5.C20H30N6/c1-30(22-9-3-6-20-7-4-13-27-25(20)22)18-24-29-28-23(31(24)2)16-19-10-14-32(15-11-19)17-21-8-5-12-26-21;1-3-4-8-17-30-23(18-20-11-6-5-7-12-20)27-28-24(30)19-29(2)22-15-9-13-21-14-10-16-26-25(21)22;1-3-4-16-29-22(17-19-10-6-5-7-11-19)26-27-23(29)18-28(2)21-14-8-12-20-13-9-15-25-24(20)21;1-25(17-7-3-5-16-6-4-10-22-20(16)17)14-19-24-23-18(26(19)2)13-15-8-11-21-12-9-15/h4-5,7,12-13,19,22H,3,6,8-11,14-18H2,1-2H3;5-7,10-12,14,16,22H,3-4,8-9,13,15,17-19H2,1-2H3;5-7,9-11,13,15,21H,3-4,8,12,14,16-18H2,1-2H3;4,6,10,15,17,21H,3,5,7-9,11-14H2,1-2H3. The Labute approximate surface area is 695 Å². The number of aryl methyl sites for hydroxylation is 4. The third kappa shape index (κ3) is 22.4. The van der Waals surface area contributed by atoms with Crippen molar-refractivity contribution in [3.05, 3.63) is 249 Å². The molecule has 0 spiro atoms. The molecule has 11 heterocycles. The predicted molar refractivity (Wildman–Crippen MR) is 464 cm³/mol. The van der Waals surface area contributed by atoms with Crippen LogP contribution in [0.15, 0.2) is 151 Å². The van der Waals surface area contributed by atoms with E-state index < -0.39 is 0 Å². The maximum absolute atomic E-state index is 4.72. The summed E-state index contributed by atoms with van der Waals surface area (Å²) in [5.74, 6) is 10.1. The number of hydrogen-bond acceptors (Lipinski definition) is 19. The van der Waals surface area contributed by atoms with Crippen molar-refractivity contribution in [3.8, 4) is 0 Å². The summed E-state index contributed by atoms with van der Waals surface area (Å²) in [6.45, 7) is 15.3. The van der Waals surface area contributed by atoms with Crippen molar-refractivity contribution < 1.29 is 0 Å². The molecule has 17 rings (SSSR count). The highest BCUT2D eigenvalue weighted by Gasteiger charge is 2.33. The fourth-order valence-corrected chi connectivity index (χ4v) is 18.7. The molecule has 2 saturated heterocycles. The molecule has 0 amide bonds. The molecule has 3 aliphatic heterocycles. The van der Waals surface area contributed by atoms with E-state index in [0.29, 0.717) is 30.1 Å². The van der Waals surface area contributed by atoms with Gasteiger partial charge in [-0.1, -0.05) is 124 Å². The van der Waals surface area contributed by atoms with Crippen LogP contribution in [0.1, 0.15) is 256 Å². The smallest absolute Gasteiger partial charge is 0.147 e. The second-order valence-electron chi connectivity index (χ2n) is 34.0. The highest BCUT2D eigenvalue weighted by Crippen LogP contribution is 2.38. The van der Waals surface area contributed by atoms with Gasteiger partial charge in [-0.25, -0.2) is 0 Å².